The molecule has 0 unspecified atom stereocenters. The van der Waals surface area contributed by atoms with Gasteiger partial charge in [0.1, 0.15) is 0 Å². The lowest BCUT2D eigenvalue weighted by Crippen LogP contribution is -2.31. The van der Waals surface area contributed by atoms with Gasteiger partial charge >= 0.3 is 0 Å². The first-order valence-electron chi connectivity index (χ1n) is 6.82. The van der Waals surface area contributed by atoms with E-state index in [1.165, 1.54) is 32.1 Å². The molecule has 0 aromatic carbocycles. The molecule has 0 fully saturated rings. The second kappa shape index (κ2) is 9.04. The van der Waals surface area contributed by atoms with E-state index in [2.05, 4.69) is 55.4 Å². The summed E-state index contributed by atoms with van der Waals surface area (Å²) in [5.41, 5.74) is -0.0312. The van der Waals surface area contributed by atoms with Gasteiger partial charge in [-0.15, -0.1) is 0 Å². The second-order valence-corrected chi connectivity index (χ2v) is 6.39. The molecule has 0 aliphatic heterocycles. The van der Waals surface area contributed by atoms with Crippen LogP contribution in [0, 0.1) is 0 Å². The molecule has 0 atom stereocenters. The zero-order valence-corrected chi connectivity index (χ0v) is 12.9. The molecule has 0 aromatic rings. The Morgan fingerprint density at radius 1 is 0.625 bits per heavy atom. The number of hydrogen-bond donors (Lipinski definition) is 0. The van der Waals surface area contributed by atoms with Crippen LogP contribution in [0.25, 0.3) is 0 Å². The van der Waals surface area contributed by atoms with Crippen molar-refractivity contribution < 1.29 is 4.74 Å². The van der Waals surface area contributed by atoms with E-state index in [4.69, 9.17) is 4.74 Å². The Morgan fingerprint density at radius 3 is 1.06 bits per heavy atom. The summed E-state index contributed by atoms with van der Waals surface area (Å²) in [4.78, 5) is 0. The van der Waals surface area contributed by atoms with E-state index in [1.54, 1.807) is 0 Å². The van der Waals surface area contributed by atoms with Gasteiger partial charge in [-0.3, -0.25) is 0 Å². The number of hydrogen-bond acceptors (Lipinski definition) is 1. The van der Waals surface area contributed by atoms with Gasteiger partial charge in [0.25, 0.3) is 0 Å². The molecule has 0 N–H and O–H groups in total. The van der Waals surface area contributed by atoms with Gasteiger partial charge in [-0.1, -0.05) is 46.0 Å². The summed E-state index contributed by atoms with van der Waals surface area (Å²) in [5.74, 6) is 0. The molecular weight excluding hydrogens is 196 g/mol. The highest BCUT2D eigenvalue weighted by molar-refractivity contribution is 4.68. The third kappa shape index (κ3) is 23.6. The molecule has 0 amide bonds. The van der Waals surface area contributed by atoms with Crippen molar-refractivity contribution >= 4 is 0 Å². The zero-order valence-electron chi connectivity index (χ0n) is 12.9. The standard InChI is InChI=1S/C8H18O.C7H16/c1-7(2,3)9-8(4,5)6;1-3-5-7-6-4-2/h1-6H3;3-7H2,1-2H3. The van der Waals surface area contributed by atoms with E-state index < -0.39 is 0 Å². The van der Waals surface area contributed by atoms with Crippen molar-refractivity contribution in [2.75, 3.05) is 0 Å². The molecule has 0 aliphatic carbocycles. The fraction of sp³-hybridized carbons (Fsp3) is 1.00. The SMILES string of the molecule is CC(C)(C)OC(C)(C)C.CCCCCCC. The van der Waals surface area contributed by atoms with Crippen LogP contribution in [0.15, 0.2) is 0 Å². The van der Waals surface area contributed by atoms with Crippen molar-refractivity contribution in [2.45, 2.75) is 98.7 Å². The van der Waals surface area contributed by atoms with E-state index in [-0.39, 0.29) is 11.2 Å². The molecule has 0 aromatic heterocycles. The fourth-order valence-corrected chi connectivity index (χ4v) is 1.60. The van der Waals surface area contributed by atoms with E-state index in [0.29, 0.717) is 0 Å². The Balaban J connectivity index is 0. The van der Waals surface area contributed by atoms with Crippen LogP contribution in [0.3, 0.4) is 0 Å². The first-order valence-corrected chi connectivity index (χ1v) is 6.82. The smallest absolute Gasteiger partial charge is 0.0605 e. The minimum absolute atomic E-state index is 0.0156. The molecular formula is C15H34O. The summed E-state index contributed by atoms with van der Waals surface area (Å²) in [6, 6.07) is 0. The number of ether oxygens (including phenoxy) is 1. The molecule has 1 nitrogen and oxygen atoms in total. The van der Waals surface area contributed by atoms with Crippen LogP contribution in [-0.2, 0) is 4.74 Å². The maximum atomic E-state index is 5.62. The number of unbranched alkanes of at least 4 members (excludes halogenated alkanes) is 4. The highest BCUT2D eigenvalue weighted by atomic mass is 16.5. The maximum absolute atomic E-state index is 5.62. The van der Waals surface area contributed by atoms with Gasteiger partial charge in [-0.2, -0.15) is 0 Å². The van der Waals surface area contributed by atoms with E-state index in [0.717, 1.165) is 0 Å². The summed E-state index contributed by atoms with van der Waals surface area (Å²) in [6.45, 7) is 16.9. The van der Waals surface area contributed by atoms with E-state index >= 15 is 0 Å². The third-order valence-electron chi connectivity index (χ3n) is 1.82. The van der Waals surface area contributed by atoms with Crippen LogP contribution < -0.4 is 0 Å². The summed E-state index contributed by atoms with van der Waals surface area (Å²) < 4.78 is 5.62. The van der Waals surface area contributed by atoms with Gasteiger partial charge in [0, 0.05) is 0 Å². The average Bonchev–Trinajstić information content (AvgIpc) is 1.99. The van der Waals surface area contributed by atoms with Gasteiger partial charge < -0.3 is 4.74 Å². The van der Waals surface area contributed by atoms with Crippen LogP contribution in [0.4, 0.5) is 0 Å². The molecule has 100 valence electrons. The van der Waals surface area contributed by atoms with E-state index in [9.17, 15) is 0 Å². The van der Waals surface area contributed by atoms with Crippen LogP contribution >= 0.6 is 0 Å². The normalized spacial score (nSPS) is 12.0. The van der Waals surface area contributed by atoms with Crippen molar-refractivity contribution in [3.63, 3.8) is 0 Å². The minimum atomic E-state index is -0.0156. The van der Waals surface area contributed by atoms with Crippen molar-refractivity contribution in [1.29, 1.82) is 0 Å². The summed E-state index contributed by atoms with van der Waals surface area (Å²) in [5, 5.41) is 0. The molecule has 0 heterocycles. The van der Waals surface area contributed by atoms with Crippen molar-refractivity contribution in [3.8, 4) is 0 Å². The Kier molecular flexibility index (Phi) is 10.4. The van der Waals surface area contributed by atoms with Gasteiger partial charge in [0.15, 0.2) is 0 Å². The summed E-state index contributed by atoms with van der Waals surface area (Å²) in [7, 11) is 0. The molecule has 0 saturated heterocycles. The lowest BCUT2D eigenvalue weighted by Gasteiger charge is -2.30. The Hall–Kier alpha value is -0.0400. The molecule has 0 rings (SSSR count). The topological polar surface area (TPSA) is 9.23 Å². The molecule has 16 heavy (non-hydrogen) atoms. The summed E-state index contributed by atoms with van der Waals surface area (Å²) >= 11 is 0. The molecule has 0 bridgehead atoms. The van der Waals surface area contributed by atoms with Crippen molar-refractivity contribution in [1.82, 2.24) is 0 Å². The first-order chi connectivity index (χ1) is 7.12. The van der Waals surface area contributed by atoms with Crippen LogP contribution in [0.1, 0.15) is 87.5 Å². The van der Waals surface area contributed by atoms with E-state index in [1.807, 2.05) is 0 Å². The maximum Gasteiger partial charge on any atom is 0.0605 e. The first kappa shape index (κ1) is 18.3. The van der Waals surface area contributed by atoms with Crippen LogP contribution in [0.5, 0.6) is 0 Å². The zero-order chi connectivity index (χ0) is 13.2. The largest absolute Gasteiger partial charge is 0.370 e. The lowest BCUT2D eigenvalue weighted by molar-refractivity contribution is -0.102. The Bertz CT molecular complexity index is 120. The van der Waals surface area contributed by atoms with Gasteiger partial charge in [-0.05, 0) is 41.5 Å². The second-order valence-electron chi connectivity index (χ2n) is 6.39. The van der Waals surface area contributed by atoms with Crippen molar-refractivity contribution in [2.24, 2.45) is 0 Å². The lowest BCUT2D eigenvalue weighted by atomic mass is 10.1. The molecule has 0 radical (unpaired) electrons. The Morgan fingerprint density at radius 2 is 0.938 bits per heavy atom. The fourth-order valence-electron chi connectivity index (χ4n) is 1.60. The molecule has 0 spiro atoms. The van der Waals surface area contributed by atoms with Gasteiger partial charge in [-0.25, -0.2) is 0 Å². The molecule has 1 heteroatoms. The predicted octanol–water partition coefficient (Wildman–Crippen LogP) is 5.58. The van der Waals surface area contributed by atoms with Gasteiger partial charge in [0.05, 0.1) is 11.2 Å². The highest BCUT2D eigenvalue weighted by Crippen LogP contribution is 2.17. The minimum Gasteiger partial charge on any atom is -0.370 e. The Labute approximate surface area is 104 Å². The molecule has 0 aliphatic rings. The quantitative estimate of drug-likeness (QED) is 0.573. The summed E-state index contributed by atoms with van der Waals surface area (Å²) in [6.07, 6.45) is 7.01. The van der Waals surface area contributed by atoms with Crippen LogP contribution in [-0.4, -0.2) is 11.2 Å². The third-order valence-corrected chi connectivity index (χ3v) is 1.82. The number of rotatable bonds is 4. The highest BCUT2D eigenvalue weighted by Gasteiger charge is 2.19. The predicted molar refractivity (Wildman–Crippen MR) is 75.0 cm³/mol. The van der Waals surface area contributed by atoms with Gasteiger partial charge in [0.2, 0.25) is 0 Å². The van der Waals surface area contributed by atoms with Crippen LogP contribution in [0.2, 0.25) is 0 Å². The average molecular weight is 230 g/mol. The molecule has 0 saturated carbocycles. The monoisotopic (exact) mass is 230 g/mol. The van der Waals surface area contributed by atoms with Crippen molar-refractivity contribution in [3.05, 3.63) is 0 Å².